The predicted molar refractivity (Wildman–Crippen MR) is 59.5 cm³/mol. The second kappa shape index (κ2) is 3.23. The fourth-order valence-corrected chi connectivity index (χ4v) is 4.58. The van der Waals surface area contributed by atoms with Gasteiger partial charge in [0.15, 0.2) is 0 Å². The second-order valence-corrected chi connectivity index (χ2v) is 5.68. The lowest BCUT2D eigenvalue weighted by atomic mass is 9.51. The molecule has 0 amide bonds. The van der Waals surface area contributed by atoms with Gasteiger partial charge in [0.1, 0.15) is 5.60 Å². The van der Waals surface area contributed by atoms with E-state index in [1.807, 2.05) is 0 Å². The summed E-state index contributed by atoms with van der Waals surface area (Å²) in [6.07, 6.45) is 2.97. The fraction of sp³-hybridized carbons (Fsp3) is 1.00. The minimum Gasteiger partial charge on any atom is -0.369 e. The maximum absolute atomic E-state index is 6.14. The maximum Gasteiger partial charge on any atom is 0.201 e. The van der Waals surface area contributed by atoms with Crippen molar-refractivity contribution in [2.45, 2.75) is 50.3 Å². The van der Waals surface area contributed by atoms with Crippen LogP contribution in [0.4, 0.5) is 0 Å². The Morgan fingerprint density at radius 1 is 1.29 bits per heavy atom. The minimum atomic E-state index is -0.482. The normalized spacial score (nSPS) is 54.0. The molecule has 0 aromatic heterocycles. The Morgan fingerprint density at radius 2 is 2.06 bits per heavy atom. The Balaban J connectivity index is 1.72. The van der Waals surface area contributed by atoms with E-state index >= 15 is 0 Å². The molecule has 2 saturated carbocycles. The summed E-state index contributed by atoms with van der Waals surface area (Å²) in [6.45, 7) is 6.38. The van der Waals surface area contributed by atoms with E-state index in [-0.39, 0.29) is 5.60 Å². The summed E-state index contributed by atoms with van der Waals surface area (Å²) in [5.41, 5.74) is -0.241. The predicted octanol–water partition coefficient (Wildman–Crippen LogP) is 1.33. The van der Waals surface area contributed by atoms with E-state index < -0.39 is 5.79 Å². The Kier molecular flexibility index (Phi) is 2.04. The van der Waals surface area contributed by atoms with Gasteiger partial charge in [0, 0.05) is 18.4 Å². The van der Waals surface area contributed by atoms with Crippen molar-refractivity contribution in [3.05, 3.63) is 0 Å². The zero-order chi connectivity index (χ0) is 11.7. The minimum absolute atomic E-state index is 0.241. The molecule has 0 aromatic carbocycles. The first kappa shape index (κ1) is 10.7. The molecule has 2 aliphatic heterocycles. The van der Waals surface area contributed by atoms with Crippen LogP contribution in [0.1, 0.15) is 26.7 Å². The molecule has 5 unspecified atom stereocenters. The van der Waals surface area contributed by atoms with Crippen molar-refractivity contribution in [2.24, 2.45) is 11.8 Å². The van der Waals surface area contributed by atoms with Gasteiger partial charge in [-0.05, 0) is 19.8 Å². The zero-order valence-corrected chi connectivity index (χ0v) is 10.5. The zero-order valence-electron chi connectivity index (χ0n) is 10.5. The van der Waals surface area contributed by atoms with Crippen LogP contribution in [-0.2, 0) is 18.9 Å². The van der Waals surface area contributed by atoms with Crippen molar-refractivity contribution in [3.63, 3.8) is 0 Å². The first-order valence-corrected chi connectivity index (χ1v) is 6.82. The van der Waals surface area contributed by atoms with Gasteiger partial charge < -0.3 is 18.9 Å². The van der Waals surface area contributed by atoms with Gasteiger partial charge in [0.25, 0.3) is 0 Å². The molecule has 4 rings (SSSR count). The van der Waals surface area contributed by atoms with Gasteiger partial charge in [-0.15, -0.1) is 0 Å². The molecule has 0 aromatic rings. The number of ether oxygens (including phenoxy) is 4. The SMILES string of the molecule is CCOC12CCC3OC3C1C(C)C21OCCO1. The van der Waals surface area contributed by atoms with E-state index in [0.717, 1.165) is 19.4 Å². The average Bonchev–Trinajstić information content (AvgIpc) is 2.90. The monoisotopic (exact) mass is 240 g/mol. The standard InChI is InChI=1S/C13H20O4/c1-3-14-12-5-4-9-11(17-9)10(12)8(2)13(12)15-6-7-16-13/h8-11H,3-7H2,1-2H3. The van der Waals surface area contributed by atoms with Crippen molar-refractivity contribution >= 4 is 0 Å². The van der Waals surface area contributed by atoms with E-state index in [1.54, 1.807) is 0 Å². The van der Waals surface area contributed by atoms with Gasteiger partial charge in [-0.2, -0.15) is 0 Å². The van der Waals surface area contributed by atoms with Gasteiger partial charge in [-0.1, -0.05) is 6.92 Å². The summed E-state index contributed by atoms with van der Waals surface area (Å²) in [7, 11) is 0. The van der Waals surface area contributed by atoms with E-state index in [2.05, 4.69) is 13.8 Å². The van der Waals surface area contributed by atoms with E-state index in [0.29, 0.717) is 37.3 Å². The van der Waals surface area contributed by atoms with Crippen LogP contribution in [0.5, 0.6) is 0 Å². The third-order valence-corrected chi connectivity index (χ3v) is 5.16. The van der Waals surface area contributed by atoms with Crippen LogP contribution in [0.15, 0.2) is 0 Å². The highest BCUT2D eigenvalue weighted by Gasteiger charge is 2.81. The topological polar surface area (TPSA) is 40.2 Å². The van der Waals surface area contributed by atoms with Gasteiger partial charge in [-0.3, -0.25) is 0 Å². The van der Waals surface area contributed by atoms with Crippen molar-refractivity contribution in [1.29, 1.82) is 0 Å². The number of fused-ring (bicyclic) bond motifs is 4. The third kappa shape index (κ3) is 1.05. The molecular weight excluding hydrogens is 220 g/mol. The van der Waals surface area contributed by atoms with Gasteiger partial charge in [0.05, 0.1) is 25.4 Å². The Hall–Kier alpha value is -0.160. The van der Waals surface area contributed by atoms with Gasteiger partial charge >= 0.3 is 0 Å². The number of hydrogen-bond donors (Lipinski definition) is 0. The molecular formula is C13H20O4. The highest BCUT2D eigenvalue weighted by atomic mass is 16.8. The summed E-state index contributed by atoms with van der Waals surface area (Å²) in [5, 5.41) is 0. The largest absolute Gasteiger partial charge is 0.369 e. The van der Waals surface area contributed by atoms with Crippen molar-refractivity contribution < 1.29 is 18.9 Å². The molecule has 4 aliphatic rings. The smallest absolute Gasteiger partial charge is 0.201 e. The second-order valence-electron chi connectivity index (χ2n) is 5.68. The van der Waals surface area contributed by atoms with Crippen molar-refractivity contribution in [2.75, 3.05) is 19.8 Å². The van der Waals surface area contributed by atoms with E-state index in [9.17, 15) is 0 Å². The number of epoxide rings is 1. The Labute approximate surface area is 102 Å². The van der Waals surface area contributed by atoms with Crippen molar-refractivity contribution in [1.82, 2.24) is 0 Å². The van der Waals surface area contributed by atoms with Crippen molar-refractivity contribution in [3.8, 4) is 0 Å². The molecule has 96 valence electrons. The summed E-state index contributed by atoms with van der Waals surface area (Å²) < 4.78 is 23.9. The Morgan fingerprint density at radius 3 is 2.76 bits per heavy atom. The number of rotatable bonds is 2. The van der Waals surface area contributed by atoms with Crippen LogP contribution in [0.25, 0.3) is 0 Å². The third-order valence-electron chi connectivity index (χ3n) is 5.16. The van der Waals surface area contributed by atoms with E-state index in [1.165, 1.54) is 0 Å². The van der Waals surface area contributed by atoms with Crippen LogP contribution >= 0.6 is 0 Å². The highest BCUT2D eigenvalue weighted by Crippen LogP contribution is 2.67. The molecule has 4 heteroatoms. The lowest BCUT2D eigenvalue weighted by Gasteiger charge is -2.65. The molecule has 0 radical (unpaired) electrons. The van der Waals surface area contributed by atoms with Crippen LogP contribution in [-0.4, -0.2) is 43.4 Å². The summed E-state index contributed by atoms with van der Waals surface area (Å²) >= 11 is 0. The molecule has 0 N–H and O–H groups in total. The molecule has 4 fully saturated rings. The number of hydrogen-bond acceptors (Lipinski definition) is 4. The molecule has 1 spiro atoms. The quantitative estimate of drug-likeness (QED) is 0.683. The fourth-order valence-electron chi connectivity index (χ4n) is 4.58. The molecule has 2 saturated heterocycles. The van der Waals surface area contributed by atoms with Gasteiger partial charge in [-0.25, -0.2) is 0 Å². The first-order chi connectivity index (χ1) is 8.25. The van der Waals surface area contributed by atoms with Gasteiger partial charge in [0.2, 0.25) is 5.79 Å². The average molecular weight is 240 g/mol. The molecule has 2 aliphatic carbocycles. The molecule has 0 bridgehead atoms. The molecule has 4 nitrogen and oxygen atoms in total. The first-order valence-electron chi connectivity index (χ1n) is 6.82. The molecule has 2 heterocycles. The summed E-state index contributed by atoms with van der Waals surface area (Å²) in [5.74, 6) is 0.357. The van der Waals surface area contributed by atoms with Crippen LogP contribution in [0.3, 0.4) is 0 Å². The maximum atomic E-state index is 6.14. The lowest BCUT2D eigenvalue weighted by molar-refractivity contribution is -0.405. The highest BCUT2D eigenvalue weighted by molar-refractivity contribution is 5.25. The molecule has 5 atom stereocenters. The van der Waals surface area contributed by atoms with Crippen LogP contribution in [0.2, 0.25) is 0 Å². The molecule has 17 heavy (non-hydrogen) atoms. The Bertz CT molecular complexity index is 338. The van der Waals surface area contributed by atoms with E-state index in [4.69, 9.17) is 18.9 Å². The van der Waals surface area contributed by atoms with Crippen LogP contribution in [0, 0.1) is 11.8 Å². The lowest BCUT2D eigenvalue weighted by Crippen LogP contribution is -2.78. The summed E-state index contributed by atoms with van der Waals surface area (Å²) in [4.78, 5) is 0. The summed E-state index contributed by atoms with van der Waals surface area (Å²) in [6, 6.07) is 0. The van der Waals surface area contributed by atoms with Crippen LogP contribution < -0.4 is 0 Å².